The first-order valence-electron chi connectivity index (χ1n) is 7.56. The Bertz CT molecular complexity index is 512. The second kappa shape index (κ2) is 12.8. The molecule has 0 aromatic heterocycles. The molecule has 0 fully saturated rings. The largest absolute Gasteiger partial charge is 0.489 e. The summed E-state index contributed by atoms with van der Waals surface area (Å²) in [5.41, 5.74) is 0. The minimum absolute atomic E-state index is 0. The molecule has 0 saturated heterocycles. The van der Waals surface area contributed by atoms with Crippen molar-refractivity contribution in [3.05, 3.63) is 30.1 Å². The van der Waals surface area contributed by atoms with E-state index in [2.05, 4.69) is 20.4 Å². The SMILES string of the molecule is CCNC(=NCC(C)Oc1ccc(F)cc1)NCCC(=O)OC.I. The van der Waals surface area contributed by atoms with Crippen LogP contribution in [0.1, 0.15) is 20.3 Å². The molecule has 1 aromatic carbocycles. The predicted molar refractivity (Wildman–Crippen MR) is 103 cm³/mol. The van der Waals surface area contributed by atoms with Crippen molar-refractivity contribution in [3.63, 3.8) is 0 Å². The number of ether oxygens (including phenoxy) is 2. The molecule has 1 aromatic rings. The fourth-order valence-electron chi connectivity index (χ4n) is 1.73. The van der Waals surface area contributed by atoms with E-state index in [0.29, 0.717) is 31.3 Å². The van der Waals surface area contributed by atoms with E-state index in [-0.39, 0.29) is 48.3 Å². The van der Waals surface area contributed by atoms with Gasteiger partial charge in [-0.25, -0.2) is 9.38 Å². The van der Waals surface area contributed by atoms with Crippen LogP contribution < -0.4 is 15.4 Å². The van der Waals surface area contributed by atoms with Crippen LogP contribution in [0.3, 0.4) is 0 Å². The van der Waals surface area contributed by atoms with Crippen molar-refractivity contribution in [1.82, 2.24) is 10.6 Å². The average molecular weight is 453 g/mol. The Morgan fingerprint density at radius 2 is 1.96 bits per heavy atom. The number of carbonyl (C=O) groups excluding carboxylic acids is 1. The first-order valence-corrected chi connectivity index (χ1v) is 7.56. The Balaban J connectivity index is 0.00000529. The minimum Gasteiger partial charge on any atom is -0.489 e. The number of guanidine groups is 1. The van der Waals surface area contributed by atoms with Crippen molar-refractivity contribution in [2.24, 2.45) is 4.99 Å². The van der Waals surface area contributed by atoms with Crippen LogP contribution in [0, 0.1) is 5.82 Å². The van der Waals surface area contributed by atoms with Crippen molar-refractivity contribution in [3.8, 4) is 5.75 Å². The third-order valence-electron chi connectivity index (χ3n) is 2.85. The van der Waals surface area contributed by atoms with E-state index in [0.717, 1.165) is 0 Å². The standard InChI is InChI=1S/C16H24FN3O3.HI/c1-4-18-16(19-10-9-15(21)22-3)20-11-12(2)23-14-7-5-13(17)6-8-14;/h5-8,12H,4,9-11H2,1-3H3,(H2,18,19,20);1H. The van der Waals surface area contributed by atoms with E-state index in [1.165, 1.54) is 19.2 Å². The van der Waals surface area contributed by atoms with Crippen LogP contribution in [0.2, 0.25) is 0 Å². The van der Waals surface area contributed by atoms with E-state index >= 15 is 0 Å². The zero-order valence-electron chi connectivity index (χ0n) is 14.2. The third-order valence-corrected chi connectivity index (χ3v) is 2.85. The Labute approximate surface area is 159 Å². The Morgan fingerprint density at radius 1 is 1.29 bits per heavy atom. The topological polar surface area (TPSA) is 72.0 Å². The lowest BCUT2D eigenvalue weighted by Crippen LogP contribution is -2.39. The maximum atomic E-state index is 12.8. The molecule has 24 heavy (non-hydrogen) atoms. The molecule has 0 aliphatic heterocycles. The number of rotatable bonds is 8. The maximum absolute atomic E-state index is 12.8. The van der Waals surface area contributed by atoms with E-state index in [9.17, 15) is 9.18 Å². The molecular weight excluding hydrogens is 428 g/mol. The summed E-state index contributed by atoms with van der Waals surface area (Å²) >= 11 is 0. The second-order valence-corrected chi connectivity index (χ2v) is 4.85. The van der Waals surface area contributed by atoms with Crippen LogP contribution in [0.4, 0.5) is 4.39 Å². The number of nitrogens with zero attached hydrogens (tertiary/aromatic N) is 1. The zero-order chi connectivity index (χ0) is 17.1. The molecule has 0 amide bonds. The van der Waals surface area contributed by atoms with Crippen LogP contribution >= 0.6 is 24.0 Å². The summed E-state index contributed by atoms with van der Waals surface area (Å²) < 4.78 is 23.1. The van der Waals surface area contributed by atoms with Crippen molar-refractivity contribution in [1.29, 1.82) is 0 Å². The van der Waals surface area contributed by atoms with E-state index in [4.69, 9.17) is 4.74 Å². The summed E-state index contributed by atoms with van der Waals surface area (Å²) in [6.07, 6.45) is 0.0965. The van der Waals surface area contributed by atoms with Gasteiger partial charge in [0.15, 0.2) is 5.96 Å². The van der Waals surface area contributed by atoms with Crippen LogP contribution in [-0.2, 0) is 9.53 Å². The summed E-state index contributed by atoms with van der Waals surface area (Å²) in [6, 6.07) is 5.86. The third kappa shape index (κ3) is 9.53. The molecule has 1 unspecified atom stereocenters. The number of carbonyl (C=O) groups is 1. The molecule has 1 atom stereocenters. The highest BCUT2D eigenvalue weighted by molar-refractivity contribution is 14.0. The van der Waals surface area contributed by atoms with Gasteiger partial charge < -0.3 is 20.1 Å². The first-order chi connectivity index (χ1) is 11.0. The van der Waals surface area contributed by atoms with Gasteiger partial charge >= 0.3 is 5.97 Å². The fourth-order valence-corrected chi connectivity index (χ4v) is 1.73. The number of esters is 1. The molecule has 0 heterocycles. The molecule has 8 heteroatoms. The highest BCUT2D eigenvalue weighted by atomic mass is 127. The Morgan fingerprint density at radius 3 is 2.54 bits per heavy atom. The highest BCUT2D eigenvalue weighted by Crippen LogP contribution is 2.12. The van der Waals surface area contributed by atoms with Crippen LogP contribution in [-0.4, -0.2) is 44.8 Å². The van der Waals surface area contributed by atoms with Gasteiger partial charge in [-0.1, -0.05) is 0 Å². The number of hydrogen-bond donors (Lipinski definition) is 2. The lowest BCUT2D eigenvalue weighted by atomic mass is 10.3. The summed E-state index contributed by atoms with van der Waals surface area (Å²) in [4.78, 5) is 15.5. The predicted octanol–water partition coefficient (Wildman–Crippen LogP) is 2.33. The number of hydrogen-bond acceptors (Lipinski definition) is 4. The van der Waals surface area contributed by atoms with Crippen LogP contribution in [0.15, 0.2) is 29.3 Å². The maximum Gasteiger partial charge on any atom is 0.307 e. The quantitative estimate of drug-likeness (QED) is 0.274. The molecule has 1 rings (SSSR count). The summed E-state index contributed by atoms with van der Waals surface area (Å²) in [6.45, 7) is 5.40. The van der Waals surface area contributed by atoms with Crippen LogP contribution in [0.5, 0.6) is 5.75 Å². The average Bonchev–Trinajstić information content (AvgIpc) is 2.54. The fraction of sp³-hybridized carbons (Fsp3) is 0.500. The van der Waals surface area contributed by atoms with Gasteiger partial charge in [0.05, 0.1) is 20.1 Å². The molecular formula is C16H25FIN3O3. The van der Waals surface area contributed by atoms with Gasteiger partial charge in [0.25, 0.3) is 0 Å². The minimum atomic E-state index is -0.299. The lowest BCUT2D eigenvalue weighted by molar-refractivity contribution is -0.140. The molecule has 0 aliphatic carbocycles. The lowest BCUT2D eigenvalue weighted by Gasteiger charge is -2.15. The van der Waals surface area contributed by atoms with Crippen molar-refractivity contribution >= 4 is 35.9 Å². The highest BCUT2D eigenvalue weighted by Gasteiger charge is 2.06. The van der Waals surface area contributed by atoms with Gasteiger partial charge in [0, 0.05) is 13.1 Å². The van der Waals surface area contributed by atoms with Gasteiger partial charge in [-0.3, -0.25) is 4.79 Å². The Hall–Kier alpha value is -1.58. The molecule has 0 saturated carbocycles. The van der Waals surface area contributed by atoms with Gasteiger partial charge in [0.2, 0.25) is 0 Å². The van der Waals surface area contributed by atoms with E-state index < -0.39 is 0 Å². The molecule has 0 spiro atoms. The molecule has 136 valence electrons. The summed E-state index contributed by atoms with van der Waals surface area (Å²) in [5.74, 6) is 0.623. The second-order valence-electron chi connectivity index (χ2n) is 4.85. The monoisotopic (exact) mass is 453 g/mol. The Kier molecular flexibility index (Phi) is 12.0. The van der Waals surface area contributed by atoms with Gasteiger partial charge in [-0.05, 0) is 38.1 Å². The molecule has 0 aliphatic rings. The van der Waals surface area contributed by atoms with Gasteiger partial charge in [-0.2, -0.15) is 0 Å². The van der Waals surface area contributed by atoms with Crippen LogP contribution in [0.25, 0.3) is 0 Å². The number of aliphatic imine (C=N–C) groups is 1. The van der Waals surface area contributed by atoms with E-state index in [1.54, 1.807) is 12.1 Å². The van der Waals surface area contributed by atoms with Crippen molar-refractivity contribution < 1.29 is 18.7 Å². The first kappa shape index (κ1) is 22.4. The number of methoxy groups -OCH3 is 1. The number of nitrogens with one attached hydrogen (secondary N) is 2. The molecule has 6 nitrogen and oxygen atoms in total. The zero-order valence-corrected chi connectivity index (χ0v) is 16.5. The molecule has 0 radical (unpaired) electrons. The smallest absolute Gasteiger partial charge is 0.307 e. The summed E-state index contributed by atoms with van der Waals surface area (Å²) in [5, 5.41) is 6.13. The van der Waals surface area contributed by atoms with Gasteiger partial charge in [-0.15, -0.1) is 24.0 Å². The number of benzene rings is 1. The van der Waals surface area contributed by atoms with Crippen molar-refractivity contribution in [2.45, 2.75) is 26.4 Å². The summed E-state index contributed by atoms with van der Waals surface area (Å²) in [7, 11) is 1.36. The van der Waals surface area contributed by atoms with E-state index in [1.807, 2.05) is 13.8 Å². The normalized spacial score (nSPS) is 11.9. The molecule has 2 N–H and O–H groups in total. The van der Waals surface area contributed by atoms with Gasteiger partial charge in [0.1, 0.15) is 17.7 Å². The number of halogens is 2. The van der Waals surface area contributed by atoms with Crippen molar-refractivity contribution in [2.75, 3.05) is 26.7 Å². The molecule has 0 bridgehead atoms.